The summed E-state index contributed by atoms with van der Waals surface area (Å²) in [6.45, 7) is 5.67. The van der Waals surface area contributed by atoms with E-state index in [1.54, 1.807) is 6.92 Å². The number of carboxylic acids is 1. The van der Waals surface area contributed by atoms with Crippen LogP contribution in [0.15, 0.2) is 10.6 Å². The van der Waals surface area contributed by atoms with E-state index in [4.69, 9.17) is 4.74 Å². The molecule has 130 valence electrons. The third-order valence-electron chi connectivity index (χ3n) is 3.15. The van der Waals surface area contributed by atoms with Crippen molar-refractivity contribution in [1.82, 2.24) is 4.90 Å². The topological polar surface area (TPSA) is 101 Å². The van der Waals surface area contributed by atoms with Crippen molar-refractivity contribution in [3.63, 3.8) is 0 Å². The number of hydrogen-bond donors (Lipinski definition) is 1. The average Bonchev–Trinajstić information content (AvgIpc) is 2.49. The molecule has 1 amide bonds. The van der Waals surface area contributed by atoms with Gasteiger partial charge in [0.2, 0.25) is 5.91 Å². The first-order valence-corrected chi connectivity index (χ1v) is 9.60. The van der Waals surface area contributed by atoms with Gasteiger partial charge in [0.05, 0.1) is 17.9 Å². The zero-order valence-electron chi connectivity index (χ0n) is 13.4. The molecule has 2 atom stereocenters. The van der Waals surface area contributed by atoms with E-state index in [2.05, 4.69) is 0 Å². The molecule has 1 heterocycles. The summed E-state index contributed by atoms with van der Waals surface area (Å²) in [4.78, 5) is 36.3. The van der Waals surface area contributed by atoms with E-state index >= 15 is 0 Å². The Balaban J connectivity index is 3.12. The molecule has 2 unspecified atom stereocenters. The van der Waals surface area contributed by atoms with Crippen LogP contribution in [0, 0.1) is 0 Å². The van der Waals surface area contributed by atoms with Crippen molar-refractivity contribution in [1.29, 1.82) is 0 Å². The Labute approximate surface area is 141 Å². The van der Waals surface area contributed by atoms with E-state index in [0.717, 1.165) is 16.7 Å². The predicted molar refractivity (Wildman–Crippen MR) is 88.2 cm³/mol. The number of Topliss-reactive ketones (excluding diaryl/α,β-unsaturated/α-hetero) is 1. The Morgan fingerprint density at radius 1 is 1.43 bits per heavy atom. The van der Waals surface area contributed by atoms with Crippen molar-refractivity contribution in [2.24, 2.45) is 0 Å². The molecule has 1 aliphatic heterocycles. The first kappa shape index (κ1) is 19.9. The van der Waals surface area contributed by atoms with Crippen LogP contribution in [0.25, 0.3) is 0 Å². The fourth-order valence-electron chi connectivity index (χ4n) is 2.05. The van der Waals surface area contributed by atoms with Crippen LogP contribution >= 0.6 is 11.8 Å². The van der Waals surface area contributed by atoms with Crippen molar-refractivity contribution in [3.8, 4) is 0 Å². The molecule has 1 rings (SSSR count). The maximum atomic E-state index is 12.0. The SMILES string of the molecule is CCOCCSC(C(C)=O)=C(C(=O)O)N1C(=O)CC1S(=O)CC. The van der Waals surface area contributed by atoms with Gasteiger partial charge in [0.25, 0.3) is 0 Å². The summed E-state index contributed by atoms with van der Waals surface area (Å²) in [6, 6.07) is 0. The number of nitrogens with zero attached hydrogens (tertiary/aromatic N) is 1. The fraction of sp³-hybridized carbons (Fsp3) is 0.643. The van der Waals surface area contributed by atoms with Gasteiger partial charge in [-0.25, -0.2) is 4.79 Å². The molecule has 0 saturated carbocycles. The van der Waals surface area contributed by atoms with Crippen LogP contribution < -0.4 is 0 Å². The number of likely N-dealkylation sites (tertiary alicyclic amines) is 1. The summed E-state index contributed by atoms with van der Waals surface area (Å²) in [5, 5.41) is 8.79. The minimum atomic E-state index is -1.37. The lowest BCUT2D eigenvalue weighted by atomic mass is 10.1. The van der Waals surface area contributed by atoms with Gasteiger partial charge < -0.3 is 9.84 Å². The Morgan fingerprint density at radius 3 is 2.52 bits per heavy atom. The zero-order chi connectivity index (χ0) is 17.6. The first-order chi connectivity index (χ1) is 10.8. The highest BCUT2D eigenvalue weighted by molar-refractivity contribution is 8.04. The number of amides is 1. The first-order valence-electron chi connectivity index (χ1n) is 7.23. The van der Waals surface area contributed by atoms with Crippen molar-refractivity contribution in [3.05, 3.63) is 10.6 Å². The van der Waals surface area contributed by atoms with E-state index in [9.17, 15) is 23.7 Å². The fourth-order valence-corrected chi connectivity index (χ4v) is 4.15. The maximum Gasteiger partial charge on any atom is 0.353 e. The molecular weight excluding hydrogens is 342 g/mol. The largest absolute Gasteiger partial charge is 0.477 e. The summed E-state index contributed by atoms with van der Waals surface area (Å²) in [5.74, 6) is -1.54. The number of β-lactam (4-membered cyclic amide) rings is 1. The lowest BCUT2D eigenvalue weighted by Crippen LogP contribution is -2.55. The molecule has 1 fully saturated rings. The molecule has 1 N–H and O–H groups in total. The van der Waals surface area contributed by atoms with Crippen molar-refractivity contribution < 1.29 is 28.4 Å². The highest BCUT2D eigenvalue weighted by atomic mass is 32.2. The monoisotopic (exact) mass is 363 g/mol. The number of carbonyl (C=O) groups is 3. The number of ether oxygens (including phenoxy) is 1. The Hall–Kier alpha value is -1.19. The minimum Gasteiger partial charge on any atom is -0.477 e. The molecule has 1 aliphatic rings. The van der Waals surface area contributed by atoms with E-state index in [1.165, 1.54) is 6.92 Å². The maximum absolute atomic E-state index is 12.0. The lowest BCUT2D eigenvalue weighted by molar-refractivity contribution is -0.146. The van der Waals surface area contributed by atoms with Crippen LogP contribution in [0.2, 0.25) is 0 Å². The number of carbonyl (C=O) groups excluding carboxylic acids is 2. The highest BCUT2D eigenvalue weighted by Crippen LogP contribution is 2.33. The van der Waals surface area contributed by atoms with Crippen molar-refractivity contribution in [2.75, 3.05) is 24.7 Å². The number of allylic oxidation sites excluding steroid dienone is 1. The summed E-state index contributed by atoms with van der Waals surface area (Å²) in [6.07, 6.45) is 0.0338. The van der Waals surface area contributed by atoms with Crippen LogP contribution in [-0.2, 0) is 29.9 Å². The van der Waals surface area contributed by atoms with E-state index in [-0.39, 0.29) is 17.0 Å². The molecule has 0 aliphatic carbocycles. The number of hydrogen-bond acceptors (Lipinski definition) is 6. The van der Waals surface area contributed by atoms with Gasteiger partial charge in [-0.15, -0.1) is 11.8 Å². The molecular formula is C14H21NO6S2. The molecule has 7 nitrogen and oxygen atoms in total. The van der Waals surface area contributed by atoms with Crippen LogP contribution in [0.1, 0.15) is 27.2 Å². The van der Waals surface area contributed by atoms with Crippen LogP contribution in [0.5, 0.6) is 0 Å². The smallest absolute Gasteiger partial charge is 0.353 e. The van der Waals surface area contributed by atoms with Crippen LogP contribution in [0.3, 0.4) is 0 Å². The predicted octanol–water partition coefficient (Wildman–Crippen LogP) is 0.968. The molecule has 0 spiro atoms. The van der Waals surface area contributed by atoms with Crippen molar-refractivity contribution in [2.45, 2.75) is 32.6 Å². The number of aliphatic carboxylic acids is 1. The van der Waals surface area contributed by atoms with Gasteiger partial charge in [0, 0.05) is 28.9 Å². The molecule has 0 aromatic carbocycles. The normalized spacial score (nSPS) is 19.9. The summed E-state index contributed by atoms with van der Waals surface area (Å²) in [5.41, 5.74) is -0.373. The summed E-state index contributed by atoms with van der Waals surface area (Å²) in [7, 11) is -1.35. The second-order valence-corrected chi connectivity index (χ2v) is 7.66. The number of rotatable bonds is 10. The van der Waals surface area contributed by atoms with E-state index in [0.29, 0.717) is 24.7 Å². The minimum absolute atomic E-state index is 0.0108. The Kier molecular flexibility index (Phi) is 7.93. The molecule has 0 aromatic heterocycles. The third-order valence-corrected chi connectivity index (χ3v) is 5.84. The van der Waals surface area contributed by atoms with Gasteiger partial charge in [0.1, 0.15) is 11.1 Å². The summed E-state index contributed by atoms with van der Waals surface area (Å²) >= 11 is 1.04. The number of thioether (sulfide) groups is 1. The molecule has 1 saturated heterocycles. The average molecular weight is 363 g/mol. The quantitative estimate of drug-likeness (QED) is 0.350. The van der Waals surface area contributed by atoms with Gasteiger partial charge in [-0.05, 0) is 13.8 Å². The Bertz CT molecular complexity index is 545. The summed E-state index contributed by atoms with van der Waals surface area (Å²) < 4.78 is 17.1. The molecule has 23 heavy (non-hydrogen) atoms. The van der Waals surface area contributed by atoms with Crippen LogP contribution in [0.4, 0.5) is 0 Å². The van der Waals surface area contributed by atoms with Gasteiger partial charge in [0.15, 0.2) is 5.78 Å². The highest BCUT2D eigenvalue weighted by Gasteiger charge is 2.45. The standard InChI is InChI=1S/C14H21NO6S2/c1-4-21-6-7-22-13(9(3)16)12(14(18)19)15-10(17)8-11(15)23(20)5-2/h11H,4-8H2,1-3H3,(H,18,19). The second-order valence-electron chi connectivity index (χ2n) is 4.68. The number of carboxylic acid groups (broad SMARTS) is 1. The molecule has 0 radical (unpaired) electrons. The molecule has 9 heteroatoms. The number of ketones is 1. The molecule has 0 bridgehead atoms. The van der Waals surface area contributed by atoms with Crippen LogP contribution in [-0.4, -0.2) is 62.0 Å². The van der Waals surface area contributed by atoms with Crippen molar-refractivity contribution >= 4 is 40.2 Å². The van der Waals surface area contributed by atoms with E-state index < -0.39 is 33.8 Å². The third kappa shape index (κ3) is 4.89. The van der Waals surface area contributed by atoms with Gasteiger partial charge >= 0.3 is 5.97 Å². The van der Waals surface area contributed by atoms with Gasteiger partial charge in [-0.3, -0.25) is 18.7 Å². The Morgan fingerprint density at radius 2 is 2.09 bits per heavy atom. The van der Waals surface area contributed by atoms with Gasteiger partial charge in [-0.1, -0.05) is 6.92 Å². The lowest BCUT2D eigenvalue weighted by Gasteiger charge is -2.39. The second kappa shape index (κ2) is 9.19. The van der Waals surface area contributed by atoms with E-state index in [1.807, 2.05) is 6.92 Å². The van der Waals surface area contributed by atoms with Gasteiger partial charge in [-0.2, -0.15) is 0 Å². The molecule has 0 aromatic rings. The zero-order valence-corrected chi connectivity index (χ0v) is 15.0.